The lowest BCUT2D eigenvalue weighted by molar-refractivity contribution is 0.288. The second kappa shape index (κ2) is 5.90. The van der Waals surface area contributed by atoms with E-state index in [9.17, 15) is 0 Å². The molecule has 0 bridgehead atoms. The summed E-state index contributed by atoms with van der Waals surface area (Å²) in [5.74, 6) is 0. The second-order valence-corrected chi connectivity index (χ2v) is 4.54. The molecule has 1 aliphatic rings. The van der Waals surface area contributed by atoms with Crippen LogP contribution >= 0.6 is 0 Å². The Kier molecular flexibility index (Phi) is 4.23. The van der Waals surface area contributed by atoms with Crippen LogP contribution in [0.4, 0.5) is 5.69 Å². The molecule has 0 atom stereocenters. The van der Waals surface area contributed by atoms with Crippen LogP contribution in [0.15, 0.2) is 30.3 Å². The molecule has 1 saturated carbocycles. The smallest absolute Gasteiger partial charge is 0.0447 e. The summed E-state index contributed by atoms with van der Waals surface area (Å²) in [6.45, 7) is 1.27. The zero-order valence-corrected chi connectivity index (χ0v) is 9.81. The molecule has 0 heterocycles. The van der Waals surface area contributed by atoms with E-state index in [0.29, 0.717) is 6.04 Å². The molecule has 16 heavy (non-hydrogen) atoms. The maximum absolute atomic E-state index is 8.98. The highest BCUT2D eigenvalue weighted by Gasteiger charge is 2.22. The van der Waals surface area contributed by atoms with Gasteiger partial charge >= 0.3 is 0 Å². The predicted molar refractivity (Wildman–Crippen MR) is 67.7 cm³/mol. The summed E-state index contributed by atoms with van der Waals surface area (Å²) in [7, 11) is 0. The predicted octanol–water partition coefficient (Wildman–Crippen LogP) is 2.82. The molecule has 0 spiro atoms. The van der Waals surface area contributed by atoms with Crippen molar-refractivity contribution in [2.24, 2.45) is 0 Å². The van der Waals surface area contributed by atoms with E-state index in [0.717, 1.165) is 13.0 Å². The fourth-order valence-corrected chi connectivity index (χ4v) is 2.60. The van der Waals surface area contributed by atoms with Crippen molar-refractivity contribution in [1.29, 1.82) is 0 Å². The number of benzene rings is 1. The Hall–Kier alpha value is -1.02. The lowest BCUT2D eigenvalue weighted by atomic mass is 10.1. The molecule has 1 N–H and O–H groups in total. The van der Waals surface area contributed by atoms with E-state index in [-0.39, 0.29) is 6.61 Å². The average molecular weight is 219 g/mol. The average Bonchev–Trinajstić information content (AvgIpc) is 2.85. The first kappa shape index (κ1) is 11.5. The Bertz CT molecular complexity index is 293. The van der Waals surface area contributed by atoms with Gasteiger partial charge < -0.3 is 10.0 Å². The van der Waals surface area contributed by atoms with E-state index in [4.69, 9.17) is 5.11 Å². The Morgan fingerprint density at radius 1 is 1.12 bits per heavy atom. The topological polar surface area (TPSA) is 23.5 Å². The lowest BCUT2D eigenvalue weighted by Crippen LogP contribution is -2.34. The first-order valence-corrected chi connectivity index (χ1v) is 6.34. The third-order valence-corrected chi connectivity index (χ3v) is 3.41. The van der Waals surface area contributed by atoms with Crippen LogP contribution in [-0.2, 0) is 0 Å². The SMILES string of the molecule is OCCCN(c1ccccc1)C1CCCC1. The Morgan fingerprint density at radius 2 is 1.81 bits per heavy atom. The molecule has 0 aliphatic heterocycles. The van der Waals surface area contributed by atoms with Gasteiger partial charge in [-0.05, 0) is 31.4 Å². The van der Waals surface area contributed by atoms with E-state index in [1.54, 1.807) is 0 Å². The van der Waals surface area contributed by atoms with Crippen LogP contribution < -0.4 is 4.90 Å². The van der Waals surface area contributed by atoms with Gasteiger partial charge in [0.25, 0.3) is 0 Å². The fraction of sp³-hybridized carbons (Fsp3) is 0.571. The van der Waals surface area contributed by atoms with Crippen LogP contribution in [0, 0.1) is 0 Å². The number of aliphatic hydroxyl groups is 1. The Labute approximate surface area is 97.9 Å². The van der Waals surface area contributed by atoms with Gasteiger partial charge in [-0.3, -0.25) is 0 Å². The van der Waals surface area contributed by atoms with Crippen LogP contribution in [0.5, 0.6) is 0 Å². The van der Waals surface area contributed by atoms with E-state index in [1.807, 2.05) is 0 Å². The third kappa shape index (κ3) is 2.76. The van der Waals surface area contributed by atoms with Crippen molar-refractivity contribution in [3.8, 4) is 0 Å². The number of hydrogen-bond donors (Lipinski definition) is 1. The molecule has 0 saturated heterocycles. The summed E-state index contributed by atoms with van der Waals surface area (Å²) in [5, 5.41) is 8.98. The third-order valence-electron chi connectivity index (χ3n) is 3.41. The van der Waals surface area contributed by atoms with Gasteiger partial charge in [0.1, 0.15) is 0 Å². The quantitative estimate of drug-likeness (QED) is 0.823. The number of nitrogens with zero attached hydrogens (tertiary/aromatic N) is 1. The molecular formula is C14H21NO. The molecule has 0 unspecified atom stereocenters. The van der Waals surface area contributed by atoms with Gasteiger partial charge in [-0.15, -0.1) is 0 Å². The molecular weight excluding hydrogens is 198 g/mol. The standard InChI is InChI=1S/C14H21NO/c16-12-6-11-15(14-9-4-5-10-14)13-7-2-1-3-8-13/h1-3,7-8,14,16H,4-6,9-12H2. The fourth-order valence-electron chi connectivity index (χ4n) is 2.60. The molecule has 0 radical (unpaired) electrons. The molecule has 1 fully saturated rings. The molecule has 2 heteroatoms. The van der Waals surface area contributed by atoms with E-state index >= 15 is 0 Å². The van der Waals surface area contributed by atoms with Crippen LogP contribution in [0.25, 0.3) is 0 Å². The van der Waals surface area contributed by atoms with Crippen molar-refractivity contribution in [2.75, 3.05) is 18.1 Å². The first-order chi connectivity index (χ1) is 7.92. The van der Waals surface area contributed by atoms with Gasteiger partial charge in [-0.2, -0.15) is 0 Å². The highest BCUT2D eigenvalue weighted by atomic mass is 16.3. The van der Waals surface area contributed by atoms with Crippen LogP contribution in [0.2, 0.25) is 0 Å². The normalized spacial score (nSPS) is 16.6. The lowest BCUT2D eigenvalue weighted by Gasteiger charge is -2.31. The highest BCUT2D eigenvalue weighted by molar-refractivity contribution is 5.47. The van der Waals surface area contributed by atoms with Gasteiger partial charge in [0.15, 0.2) is 0 Å². The first-order valence-electron chi connectivity index (χ1n) is 6.34. The van der Waals surface area contributed by atoms with E-state index in [2.05, 4.69) is 35.2 Å². The van der Waals surface area contributed by atoms with Crippen LogP contribution in [0.1, 0.15) is 32.1 Å². The summed E-state index contributed by atoms with van der Waals surface area (Å²) in [6, 6.07) is 11.3. The molecule has 0 aromatic heterocycles. The molecule has 1 aromatic carbocycles. The van der Waals surface area contributed by atoms with Crippen molar-refractivity contribution >= 4 is 5.69 Å². The molecule has 1 aliphatic carbocycles. The maximum atomic E-state index is 8.98. The number of anilines is 1. The Balaban J connectivity index is 2.07. The number of aliphatic hydroxyl groups excluding tert-OH is 1. The summed E-state index contributed by atoms with van der Waals surface area (Å²) < 4.78 is 0. The zero-order valence-electron chi connectivity index (χ0n) is 9.81. The van der Waals surface area contributed by atoms with Crippen LogP contribution in [-0.4, -0.2) is 24.3 Å². The van der Waals surface area contributed by atoms with Gasteiger partial charge in [0.05, 0.1) is 0 Å². The van der Waals surface area contributed by atoms with Crippen molar-refractivity contribution in [1.82, 2.24) is 0 Å². The largest absolute Gasteiger partial charge is 0.396 e. The van der Waals surface area contributed by atoms with Gasteiger partial charge in [-0.25, -0.2) is 0 Å². The summed E-state index contributed by atoms with van der Waals surface area (Å²) in [6.07, 6.45) is 6.19. The maximum Gasteiger partial charge on any atom is 0.0447 e. The molecule has 1 aromatic rings. The minimum Gasteiger partial charge on any atom is -0.396 e. The van der Waals surface area contributed by atoms with Crippen LogP contribution in [0.3, 0.4) is 0 Å². The van der Waals surface area contributed by atoms with E-state index < -0.39 is 0 Å². The summed E-state index contributed by atoms with van der Waals surface area (Å²) >= 11 is 0. The molecule has 0 amide bonds. The Morgan fingerprint density at radius 3 is 2.44 bits per heavy atom. The second-order valence-electron chi connectivity index (χ2n) is 4.54. The summed E-state index contributed by atoms with van der Waals surface area (Å²) in [4.78, 5) is 2.48. The van der Waals surface area contributed by atoms with Gasteiger partial charge in [-0.1, -0.05) is 31.0 Å². The molecule has 88 valence electrons. The van der Waals surface area contributed by atoms with Gasteiger partial charge in [0.2, 0.25) is 0 Å². The zero-order chi connectivity index (χ0) is 11.2. The van der Waals surface area contributed by atoms with Gasteiger partial charge in [0, 0.05) is 24.9 Å². The minimum atomic E-state index is 0.288. The number of hydrogen-bond acceptors (Lipinski definition) is 2. The van der Waals surface area contributed by atoms with Crippen molar-refractivity contribution < 1.29 is 5.11 Å². The summed E-state index contributed by atoms with van der Waals surface area (Å²) in [5.41, 5.74) is 1.31. The molecule has 2 rings (SSSR count). The van der Waals surface area contributed by atoms with Crippen molar-refractivity contribution in [3.63, 3.8) is 0 Å². The van der Waals surface area contributed by atoms with Crippen molar-refractivity contribution in [3.05, 3.63) is 30.3 Å². The monoisotopic (exact) mass is 219 g/mol. The van der Waals surface area contributed by atoms with Crippen molar-refractivity contribution in [2.45, 2.75) is 38.1 Å². The number of para-hydroxylation sites is 1. The van der Waals surface area contributed by atoms with E-state index in [1.165, 1.54) is 31.4 Å². The number of rotatable bonds is 5. The molecule has 2 nitrogen and oxygen atoms in total. The minimum absolute atomic E-state index is 0.288. The highest BCUT2D eigenvalue weighted by Crippen LogP contribution is 2.28.